The molecule has 0 radical (unpaired) electrons. The molecule has 16 heteroatoms. The van der Waals surface area contributed by atoms with Crippen LogP contribution in [-0.4, -0.2) is 207 Å². The van der Waals surface area contributed by atoms with Crippen LogP contribution in [0.2, 0.25) is 0 Å². The van der Waals surface area contributed by atoms with Crippen molar-refractivity contribution in [2.75, 3.05) is 58.9 Å². The second kappa shape index (κ2) is 11.6. The summed E-state index contributed by atoms with van der Waals surface area (Å²) in [5.74, 6) is 0. The molecular formula is C27H57CaN9O3P3+5. The molecule has 0 aromatic heterocycles. The molecule has 0 amide bonds. The molecule has 9 saturated heterocycles. The molecule has 3 N–H and O–H groups in total. The van der Waals surface area contributed by atoms with Gasteiger partial charge in [-0.1, -0.05) is 0 Å². The molecule has 43 heavy (non-hydrogen) atoms. The predicted octanol–water partition coefficient (Wildman–Crippen LogP) is 3.07. The molecule has 18 unspecified atom stereocenters. The standard InChI is InChI=1S/3C9H18N3OP.Ca/c3*1-7-4-10(7)14(13,11-5-8(11)2)12-6-9(12)3;/h3*7-9H,4-6H2,1-3H3;/q;;;+2/p+3. The van der Waals surface area contributed by atoms with E-state index in [0.29, 0.717) is 54.4 Å². The van der Waals surface area contributed by atoms with Gasteiger partial charge in [0.05, 0.1) is 0 Å². The molecule has 12 nitrogen and oxygen atoms in total. The van der Waals surface area contributed by atoms with Crippen LogP contribution in [0.1, 0.15) is 62.3 Å². The number of hydrogen-bond donors (Lipinski definition) is 0. The average Bonchev–Trinajstić information content (AvgIpc) is 3.67. The molecule has 0 aromatic rings. The Morgan fingerprint density at radius 3 is 0.419 bits per heavy atom. The van der Waals surface area contributed by atoms with E-state index in [-0.39, 0.29) is 37.7 Å². The van der Waals surface area contributed by atoms with E-state index in [0.717, 1.165) is 58.9 Å². The van der Waals surface area contributed by atoms with Crippen molar-refractivity contribution in [3.63, 3.8) is 0 Å². The molecular weight excluding hydrogens is 631 g/mol. The topological polar surface area (TPSA) is 91.3 Å². The molecule has 9 fully saturated rings. The van der Waals surface area contributed by atoms with Crippen molar-refractivity contribution in [3.8, 4) is 0 Å². The Kier molecular flexibility index (Phi) is 9.29. The Bertz CT molecular complexity index is 975. The summed E-state index contributed by atoms with van der Waals surface area (Å²) < 4.78 is 53.1. The Balaban J connectivity index is 0.000000113. The van der Waals surface area contributed by atoms with E-state index in [1.54, 1.807) is 0 Å². The molecule has 9 rings (SSSR count). The largest absolute Gasteiger partial charge is 2.00 e. The van der Waals surface area contributed by atoms with E-state index in [4.69, 9.17) is 0 Å². The third-order valence-electron chi connectivity index (χ3n) is 10.5. The van der Waals surface area contributed by atoms with Gasteiger partial charge in [-0.3, -0.25) is 13.7 Å². The summed E-state index contributed by atoms with van der Waals surface area (Å²) in [5, 5.41) is 0. The zero-order chi connectivity index (χ0) is 30.3. The van der Waals surface area contributed by atoms with Crippen molar-refractivity contribution in [3.05, 3.63) is 0 Å². The zero-order valence-electron chi connectivity index (χ0n) is 28.0. The minimum Gasteiger partial charge on any atom is -0.277 e. The van der Waals surface area contributed by atoms with Gasteiger partial charge in [-0.2, -0.15) is 42.0 Å². The second-order valence-corrected chi connectivity index (χ2v) is 22.7. The normalized spacial score (nSPS) is 57.7. The monoisotopic (exact) mass is 688 g/mol. The zero-order valence-corrected chi connectivity index (χ0v) is 32.9. The molecule has 0 aliphatic carbocycles. The summed E-state index contributed by atoms with van der Waals surface area (Å²) in [6, 6.07) is 5.32. The van der Waals surface area contributed by atoms with E-state index in [2.05, 4.69) is 104 Å². The van der Waals surface area contributed by atoms with Crippen molar-refractivity contribution in [1.82, 2.24) is 42.0 Å². The van der Waals surface area contributed by atoms with Gasteiger partial charge in [-0.15, -0.1) is 0 Å². The summed E-state index contributed by atoms with van der Waals surface area (Å²) in [6.07, 6.45) is 0. The molecule has 0 aromatic carbocycles. The summed E-state index contributed by atoms with van der Waals surface area (Å²) in [6.45, 7) is 29.5. The predicted molar refractivity (Wildman–Crippen MR) is 178 cm³/mol. The first-order chi connectivity index (χ1) is 19.6. The van der Waals surface area contributed by atoms with E-state index in [9.17, 15) is 13.7 Å². The Hall–Kier alpha value is 1.59. The van der Waals surface area contributed by atoms with Gasteiger partial charge in [0, 0.05) is 113 Å². The van der Waals surface area contributed by atoms with Crippen molar-refractivity contribution in [2.45, 2.75) is 117 Å². The number of nitrogens with zero attached hydrogens (tertiary/aromatic N) is 9. The molecule has 0 saturated carbocycles. The number of rotatable bonds is 9. The molecule has 9 aliphatic heterocycles. The third kappa shape index (κ3) is 6.28. The molecule has 18 atom stereocenters. The molecule has 9 heterocycles. The first-order valence-corrected chi connectivity index (χ1v) is 21.2. The van der Waals surface area contributed by atoms with Crippen molar-refractivity contribution in [2.24, 2.45) is 0 Å². The average molecular weight is 689 g/mol. The molecule has 240 valence electrons. The maximum absolute atomic E-state index is 10.8. The SMILES string of the molecule is CC1CN1P(=[OH+])(N1CC1C)N1CC1C.CC1CN1P(=[OH+])(N1CC1C)N1CC1C.CC1CN1P(=[OH+])(N1CC1C)N1CC1C.[Ca+2]. The van der Waals surface area contributed by atoms with E-state index in [1.807, 2.05) is 0 Å². The van der Waals surface area contributed by atoms with Crippen LogP contribution in [0.15, 0.2) is 0 Å². The van der Waals surface area contributed by atoms with Gasteiger partial charge in [0.15, 0.2) is 0 Å². The summed E-state index contributed by atoms with van der Waals surface area (Å²) in [7, 11) is -6.06. The van der Waals surface area contributed by atoms with Gasteiger partial charge in [-0.25, -0.2) is 0 Å². The van der Waals surface area contributed by atoms with Crippen LogP contribution in [0, 0.1) is 0 Å². The molecule has 0 bridgehead atoms. The van der Waals surface area contributed by atoms with Gasteiger partial charge < -0.3 is 0 Å². The van der Waals surface area contributed by atoms with E-state index >= 15 is 0 Å². The van der Waals surface area contributed by atoms with Gasteiger partial charge in [-0.05, 0) is 62.3 Å². The van der Waals surface area contributed by atoms with Crippen molar-refractivity contribution in [1.29, 1.82) is 0 Å². The van der Waals surface area contributed by atoms with Gasteiger partial charge >= 0.3 is 60.5 Å². The van der Waals surface area contributed by atoms with Crippen LogP contribution in [0.25, 0.3) is 0 Å². The minimum absolute atomic E-state index is 0. The number of hydrogen-bond acceptors (Lipinski definition) is 0. The van der Waals surface area contributed by atoms with Gasteiger partial charge in [0.1, 0.15) is 0 Å². The van der Waals surface area contributed by atoms with Crippen molar-refractivity contribution >= 4 is 60.5 Å². The van der Waals surface area contributed by atoms with Gasteiger partial charge in [0.2, 0.25) is 0 Å². The quantitative estimate of drug-likeness (QED) is 0.157. The smallest absolute Gasteiger partial charge is 0.277 e. The maximum atomic E-state index is 10.8. The minimum atomic E-state index is -2.02. The first-order valence-electron chi connectivity index (χ1n) is 16.4. The summed E-state index contributed by atoms with van der Waals surface area (Å²) >= 11 is 0. The van der Waals surface area contributed by atoms with Crippen LogP contribution in [0.5, 0.6) is 0 Å². The Labute approximate surface area is 290 Å². The van der Waals surface area contributed by atoms with Crippen LogP contribution in [-0.2, 0) is 0 Å². The van der Waals surface area contributed by atoms with E-state index < -0.39 is 22.8 Å². The van der Waals surface area contributed by atoms with Crippen LogP contribution >= 0.6 is 22.8 Å². The summed E-state index contributed by atoms with van der Waals surface area (Å²) in [5.41, 5.74) is 0. The van der Waals surface area contributed by atoms with Crippen LogP contribution in [0.3, 0.4) is 0 Å². The first kappa shape index (κ1) is 34.5. The fraction of sp³-hybridized carbons (Fsp3) is 1.00. The van der Waals surface area contributed by atoms with Gasteiger partial charge in [0.25, 0.3) is 0 Å². The van der Waals surface area contributed by atoms with E-state index in [1.165, 1.54) is 0 Å². The maximum Gasteiger partial charge on any atom is 2.00 e. The fourth-order valence-corrected chi connectivity index (χ4v) is 18.2. The molecule has 9 aliphatic rings. The second-order valence-electron chi connectivity index (χ2n) is 14.8. The summed E-state index contributed by atoms with van der Waals surface area (Å²) in [4.78, 5) is 0. The Morgan fingerprint density at radius 1 is 0.302 bits per heavy atom. The third-order valence-corrected chi connectivity index (χ3v) is 21.8. The fourth-order valence-electron chi connectivity index (χ4n) is 6.71. The van der Waals surface area contributed by atoms with Crippen LogP contribution < -0.4 is 0 Å². The molecule has 0 spiro atoms. The van der Waals surface area contributed by atoms with Crippen LogP contribution in [0.4, 0.5) is 0 Å². The Morgan fingerprint density at radius 2 is 0.372 bits per heavy atom. The van der Waals surface area contributed by atoms with Crippen molar-refractivity contribution < 1.29 is 13.7 Å².